The molecule has 1 aromatic heterocycles. The number of phenols is 1. The number of aromatic amines is 1. The Labute approximate surface area is 160 Å². The molecule has 9 heteroatoms. The second kappa shape index (κ2) is 7.92. The zero-order valence-electron chi connectivity index (χ0n) is 15.0. The minimum absolute atomic E-state index is 0.0539. The van der Waals surface area contributed by atoms with E-state index in [1.807, 2.05) is 6.07 Å². The van der Waals surface area contributed by atoms with Crippen LogP contribution in [0, 0.1) is 4.77 Å². The summed E-state index contributed by atoms with van der Waals surface area (Å²) in [5.41, 5.74) is 1.42. The van der Waals surface area contributed by atoms with Crippen molar-refractivity contribution in [2.75, 3.05) is 21.3 Å². The van der Waals surface area contributed by atoms with Gasteiger partial charge >= 0.3 is 0 Å². The predicted octanol–water partition coefficient (Wildman–Crippen LogP) is 3.22. The van der Waals surface area contributed by atoms with E-state index in [2.05, 4.69) is 15.3 Å². The molecule has 0 aliphatic rings. The lowest BCUT2D eigenvalue weighted by atomic mass is 10.2. The molecular formula is C18H18N4O4S. The van der Waals surface area contributed by atoms with Crippen LogP contribution in [-0.4, -0.2) is 47.5 Å². The fourth-order valence-corrected chi connectivity index (χ4v) is 2.63. The molecule has 8 nitrogen and oxygen atoms in total. The first kappa shape index (κ1) is 18.5. The summed E-state index contributed by atoms with van der Waals surface area (Å²) in [5, 5.41) is 21.1. The van der Waals surface area contributed by atoms with Gasteiger partial charge in [0.2, 0.25) is 4.77 Å². The van der Waals surface area contributed by atoms with Crippen molar-refractivity contribution in [2.45, 2.75) is 0 Å². The summed E-state index contributed by atoms with van der Waals surface area (Å²) in [5.74, 6) is 2.13. The second-order valence-electron chi connectivity index (χ2n) is 5.41. The number of nitrogens with one attached hydrogen (secondary N) is 1. The van der Waals surface area contributed by atoms with Gasteiger partial charge in [-0.2, -0.15) is 14.9 Å². The highest BCUT2D eigenvalue weighted by atomic mass is 32.1. The molecule has 0 atom stereocenters. The number of benzene rings is 2. The smallest absolute Gasteiger partial charge is 0.216 e. The molecule has 0 fully saturated rings. The Morgan fingerprint density at radius 3 is 2.56 bits per heavy atom. The van der Waals surface area contributed by atoms with E-state index in [0.29, 0.717) is 33.4 Å². The molecule has 0 spiro atoms. The number of rotatable bonds is 6. The van der Waals surface area contributed by atoms with Crippen molar-refractivity contribution in [3.8, 4) is 34.4 Å². The molecule has 0 radical (unpaired) electrons. The van der Waals surface area contributed by atoms with E-state index >= 15 is 0 Å². The molecule has 27 heavy (non-hydrogen) atoms. The van der Waals surface area contributed by atoms with Crippen molar-refractivity contribution in [1.82, 2.24) is 14.9 Å². The summed E-state index contributed by atoms with van der Waals surface area (Å²) in [7, 11) is 4.63. The number of hydrogen-bond donors (Lipinski definition) is 2. The van der Waals surface area contributed by atoms with Crippen molar-refractivity contribution >= 4 is 18.4 Å². The first-order valence-electron chi connectivity index (χ1n) is 7.88. The average molecular weight is 386 g/mol. The van der Waals surface area contributed by atoms with E-state index < -0.39 is 0 Å². The van der Waals surface area contributed by atoms with Crippen LogP contribution < -0.4 is 14.2 Å². The Kier molecular flexibility index (Phi) is 5.41. The lowest BCUT2D eigenvalue weighted by molar-refractivity contribution is 0.373. The summed E-state index contributed by atoms with van der Waals surface area (Å²) in [6, 6.07) is 10.3. The van der Waals surface area contributed by atoms with Gasteiger partial charge in [-0.05, 0) is 48.1 Å². The average Bonchev–Trinajstić information content (AvgIpc) is 3.07. The molecule has 2 N–H and O–H groups in total. The van der Waals surface area contributed by atoms with Crippen molar-refractivity contribution < 1.29 is 19.3 Å². The number of aromatic nitrogens is 3. The largest absolute Gasteiger partial charge is 0.504 e. The van der Waals surface area contributed by atoms with Crippen LogP contribution in [0.15, 0.2) is 41.5 Å². The maximum atomic E-state index is 9.69. The lowest BCUT2D eigenvalue weighted by Crippen LogP contribution is -1.98. The second-order valence-corrected chi connectivity index (χ2v) is 5.79. The summed E-state index contributed by atoms with van der Waals surface area (Å²) in [6.07, 6.45) is 1.59. The number of phenolic OH excluding ortho intramolecular Hbond substituents is 1. The maximum absolute atomic E-state index is 9.69. The summed E-state index contributed by atoms with van der Waals surface area (Å²) in [4.78, 5) is 0. The van der Waals surface area contributed by atoms with Gasteiger partial charge in [0.25, 0.3) is 0 Å². The SMILES string of the molecule is COc1ccc(-c2n[nH]c(=S)n2/N=C/c2ccc(O)c(OC)c2)c(OC)c1. The molecule has 3 rings (SSSR count). The Bertz CT molecular complexity index is 1040. The van der Waals surface area contributed by atoms with Gasteiger partial charge in [0.05, 0.1) is 33.1 Å². The zero-order valence-corrected chi connectivity index (χ0v) is 15.8. The monoisotopic (exact) mass is 386 g/mol. The molecule has 0 saturated heterocycles. The van der Waals surface area contributed by atoms with E-state index in [1.54, 1.807) is 44.7 Å². The van der Waals surface area contributed by atoms with Crippen LogP contribution in [-0.2, 0) is 0 Å². The van der Waals surface area contributed by atoms with Gasteiger partial charge in [-0.25, -0.2) is 5.10 Å². The highest BCUT2D eigenvalue weighted by Crippen LogP contribution is 2.32. The number of hydrogen-bond acceptors (Lipinski definition) is 7. The van der Waals surface area contributed by atoms with Gasteiger partial charge in [-0.3, -0.25) is 0 Å². The highest BCUT2D eigenvalue weighted by molar-refractivity contribution is 7.71. The normalized spacial score (nSPS) is 10.9. The molecule has 0 saturated carbocycles. The van der Waals surface area contributed by atoms with E-state index in [9.17, 15) is 5.11 Å². The van der Waals surface area contributed by atoms with Crippen molar-refractivity contribution in [1.29, 1.82) is 0 Å². The van der Waals surface area contributed by atoms with Crippen molar-refractivity contribution in [3.05, 3.63) is 46.7 Å². The number of ether oxygens (including phenoxy) is 3. The third-order valence-electron chi connectivity index (χ3n) is 3.83. The molecule has 0 bridgehead atoms. The standard InChI is InChI=1S/C18H18N4O4S/c1-24-12-5-6-13(15(9-12)25-2)17-20-21-18(27)22(17)19-10-11-4-7-14(23)16(8-11)26-3/h4-10,23H,1-3H3,(H,21,27)/b19-10+. The fraction of sp³-hybridized carbons (Fsp3) is 0.167. The Hall–Kier alpha value is -3.33. The van der Waals surface area contributed by atoms with Crippen LogP contribution in [0.5, 0.6) is 23.0 Å². The van der Waals surface area contributed by atoms with Crippen LogP contribution in [0.4, 0.5) is 0 Å². The highest BCUT2D eigenvalue weighted by Gasteiger charge is 2.14. The van der Waals surface area contributed by atoms with Gasteiger partial charge in [0.1, 0.15) is 11.5 Å². The Balaban J connectivity index is 2.02. The van der Waals surface area contributed by atoms with E-state index in [1.165, 1.54) is 17.9 Å². The number of nitrogens with zero attached hydrogens (tertiary/aromatic N) is 3. The van der Waals surface area contributed by atoms with Gasteiger partial charge in [-0.1, -0.05) is 0 Å². The molecular weight excluding hydrogens is 368 g/mol. The molecule has 0 amide bonds. The maximum Gasteiger partial charge on any atom is 0.216 e. The summed E-state index contributed by atoms with van der Waals surface area (Å²) in [6.45, 7) is 0. The number of methoxy groups -OCH3 is 3. The summed E-state index contributed by atoms with van der Waals surface area (Å²) < 4.78 is 17.6. The third-order valence-corrected chi connectivity index (χ3v) is 4.09. The number of aromatic hydroxyl groups is 1. The molecule has 3 aromatic rings. The Morgan fingerprint density at radius 1 is 1.07 bits per heavy atom. The molecule has 140 valence electrons. The van der Waals surface area contributed by atoms with Gasteiger partial charge < -0.3 is 19.3 Å². The quantitative estimate of drug-likeness (QED) is 0.499. The van der Waals surface area contributed by atoms with E-state index in [-0.39, 0.29) is 5.75 Å². The lowest BCUT2D eigenvalue weighted by Gasteiger charge is -2.09. The third kappa shape index (κ3) is 3.77. The molecule has 1 heterocycles. The molecule has 0 unspecified atom stereocenters. The van der Waals surface area contributed by atoms with Crippen LogP contribution in [0.2, 0.25) is 0 Å². The van der Waals surface area contributed by atoms with Crippen molar-refractivity contribution in [3.63, 3.8) is 0 Å². The fourth-order valence-electron chi connectivity index (χ4n) is 2.46. The molecule has 0 aliphatic heterocycles. The zero-order chi connectivity index (χ0) is 19.4. The Morgan fingerprint density at radius 2 is 1.85 bits per heavy atom. The van der Waals surface area contributed by atoms with Gasteiger partial charge in [-0.15, -0.1) is 0 Å². The van der Waals surface area contributed by atoms with Crippen LogP contribution in [0.3, 0.4) is 0 Å². The van der Waals surface area contributed by atoms with E-state index in [0.717, 1.165) is 5.56 Å². The first-order chi connectivity index (χ1) is 13.1. The molecule has 0 aliphatic carbocycles. The van der Waals surface area contributed by atoms with E-state index in [4.69, 9.17) is 26.4 Å². The first-order valence-corrected chi connectivity index (χ1v) is 8.29. The predicted molar refractivity (Wildman–Crippen MR) is 104 cm³/mol. The minimum atomic E-state index is 0.0539. The van der Waals surface area contributed by atoms with Crippen LogP contribution >= 0.6 is 12.2 Å². The minimum Gasteiger partial charge on any atom is -0.504 e. The number of H-pyrrole nitrogens is 1. The molecule has 2 aromatic carbocycles. The van der Waals surface area contributed by atoms with Crippen LogP contribution in [0.1, 0.15) is 5.56 Å². The van der Waals surface area contributed by atoms with Crippen LogP contribution in [0.25, 0.3) is 11.4 Å². The van der Waals surface area contributed by atoms with Gasteiger partial charge in [0, 0.05) is 6.07 Å². The van der Waals surface area contributed by atoms with Crippen molar-refractivity contribution in [2.24, 2.45) is 5.10 Å². The van der Waals surface area contributed by atoms with Gasteiger partial charge in [0.15, 0.2) is 17.3 Å². The topological polar surface area (TPSA) is 93.9 Å². The summed E-state index contributed by atoms with van der Waals surface area (Å²) >= 11 is 5.29.